The lowest BCUT2D eigenvalue weighted by molar-refractivity contribution is 0.102. The molecule has 1 amide bonds. The maximum absolute atomic E-state index is 12.1. The monoisotopic (exact) mass is 306 g/mol. The predicted molar refractivity (Wildman–Crippen MR) is 76.0 cm³/mol. The lowest BCUT2D eigenvalue weighted by Crippen LogP contribution is -2.12. The zero-order chi connectivity index (χ0) is 15.0. The van der Waals surface area contributed by atoms with E-state index in [0.717, 1.165) is 36.8 Å². The number of rotatable bonds is 3. The Hall–Kier alpha value is -2.15. The summed E-state index contributed by atoms with van der Waals surface area (Å²) in [7, 11) is -3.26. The van der Waals surface area contributed by atoms with Gasteiger partial charge in [0.1, 0.15) is 0 Å². The minimum absolute atomic E-state index is 0.180. The van der Waals surface area contributed by atoms with Crippen LogP contribution in [0.15, 0.2) is 33.7 Å². The SMILES string of the molecule is CS(=O)(=O)c1ccc(C(=O)Nc2onc3c2CCC3)cc1. The van der Waals surface area contributed by atoms with Gasteiger partial charge in [0.15, 0.2) is 9.84 Å². The molecule has 0 saturated heterocycles. The molecule has 110 valence electrons. The van der Waals surface area contributed by atoms with Gasteiger partial charge in [-0.05, 0) is 43.5 Å². The molecule has 2 aromatic rings. The van der Waals surface area contributed by atoms with Crippen molar-refractivity contribution in [2.24, 2.45) is 0 Å². The molecule has 0 unspecified atom stereocenters. The molecule has 1 aromatic carbocycles. The first-order valence-corrected chi connectivity index (χ1v) is 8.43. The molecule has 0 bridgehead atoms. The van der Waals surface area contributed by atoms with Crippen LogP contribution in [-0.2, 0) is 22.7 Å². The van der Waals surface area contributed by atoms with Crippen molar-refractivity contribution in [2.75, 3.05) is 11.6 Å². The summed E-state index contributed by atoms with van der Waals surface area (Å²) in [5.41, 5.74) is 2.22. The molecule has 1 heterocycles. The molecule has 0 radical (unpaired) electrons. The van der Waals surface area contributed by atoms with Gasteiger partial charge in [-0.2, -0.15) is 0 Å². The summed E-state index contributed by atoms with van der Waals surface area (Å²) in [6.45, 7) is 0. The van der Waals surface area contributed by atoms with Crippen LogP contribution in [0.2, 0.25) is 0 Å². The molecule has 21 heavy (non-hydrogen) atoms. The number of hydrogen-bond donors (Lipinski definition) is 1. The van der Waals surface area contributed by atoms with Gasteiger partial charge in [-0.3, -0.25) is 10.1 Å². The second-order valence-corrected chi connectivity index (χ2v) is 7.06. The second kappa shape index (κ2) is 5.00. The molecule has 0 saturated carbocycles. The number of amides is 1. The van der Waals surface area contributed by atoms with Crippen molar-refractivity contribution in [2.45, 2.75) is 24.2 Å². The topological polar surface area (TPSA) is 89.3 Å². The molecule has 0 atom stereocenters. The molecule has 1 aliphatic rings. The fourth-order valence-electron chi connectivity index (χ4n) is 2.36. The number of nitrogens with zero attached hydrogens (tertiary/aromatic N) is 1. The van der Waals surface area contributed by atoms with Crippen LogP contribution in [0.1, 0.15) is 28.0 Å². The van der Waals surface area contributed by atoms with E-state index in [1.165, 1.54) is 24.3 Å². The normalized spacial score (nSPS) is 14.0. The van der Waals surface area contributed by atoms with Gasteiger partial charge in [-0.25, -0.2) is 8.42 Å². The van der Waals surface area contributed by atoms with Crippen LogP contribution in [0.3, 0.4) is 0 Å². The average Bonchev–Trinajstić information content (AvgIpc) is 3.03. The number of carbonyl (C=O) groups is 1. The molecule has 1 aromatic heterocycles. The zero-order valence-electron chi connectivity index (χ0n) is 11.4. The van der Waals surface area contributed by atoms with Crippen LogP contribution in [0.25, 0.3) is 0 Å². The maximum Gasteiger partial charge on any atom is 0.258 e. The quantitative estimate of drug-likeness (QED) is 0.934. The van der Waals surface area contributed by atoms with Gasteiger partial charge >= 0.3 is 0 Å². The molecule has 0 aliphatic heterocycles. The summed E-state index contributed by atoms with van der Waals surface area (Å²) in [6.07, 6.45) is 3.86. The number of aromatic nitrogens is 1. The smallest absolute Gasteiger partial charge is 0.258 e. The van der Waals surface area contributed by atoms with E-state index >= 15 is 0 Å². The minimum atomic E-state index is -3.26. The molecule has 6 nitrogen and oxygen atoms in total. The molecule has 3 rings (SSSR count). The third kappa shape index (κ3) is 2.69. The van der Waals surface area contributed by atoms with Crippen molar-refractivity contribution in [1.82, 2.24) is 5.16 Å². The van der Waals surface area contributed by atoms with Crippen molar-refractivity contribution in [3.8, 4) is 0 Å². The lowest BCUT2D eigenvalue weighted by Gasteiger charge is -2.04. The highest BCUT2D eigenvalue weighted by Gasteiger charge is 2.22. The van der Waals surface area contributed by atoms with Crippen molar-refractivity contribution in [3.63, 3.8) is 0 Å². The first-order chi connectivity index (χ1) is 9.95. The Kier molecular flexibility index (Phi) is 3.29. The first kappa shape index (κ1) is 13.8. The van der Waals surface area contributed by atoms with Crippen LogP contribution in [0.4, 0.5) is 5.88 Å². The Morgan fingerprint density at radius 1 is 1.24 bits per heavy atom. The molecule has 1 N–H and O–H groups in total. The van der Waals surface area contributed by atoms with E-state index in [1.54, 1.807) is 0 Å². The summed E-state index contributed by atoms with van der Waals surface area (Å²) in [4.78, 5) is 12.3. The minimum Gasteiger partial charge on any atom is -0.338 e. The highest BCUT2D eigenvalue weighted by molar-refractivity contribution is 7.90. The van der Waals surface area contributed by atoms with Crippen molar-refractivity contribution in [3.05, 3.63) is 41.1 Å². The molecule has 0 fully saturated rings. The van der Waals surface area contributed by atoms with E-state index in [0.29, 0.717) is 11.4 Å². The number of fused-ring (bicyclic) bond motifs is 1. The maximum atomic E-state index is 12.1. The Morgan fingerprint density at radius 2 is 1.95 bits per heavy atom. The number of benzene rings is 1. The van der Waals surface area contributed by atoms with Crippen LogP contribution in [0.5, 0.6) is 0 Å². The van der Waals surface area contributed by atoms with E-state index in [9.17, 15) is 13.2 Å². The molecular weight excluding hydrogens is 292 g/mol. The average molecular weight is 306 g/mol. The first-order valence-electron chi connectivity index (χ1n) is 6.54. The van der Waals surface area contributed by atoms with E-state index < -0.39 is 9.84 Å². The van der Waals surface area contributed by atoms with Crippen LogP contribution in [-0.4, -0.2) is 25.7 Å². The fraction of sp³-hybridized carbons (Fsp3) is 0.286. The van der Waals surface area contributed by atoms with Gasteiger partial charge in [0.05, 0.1) is 10.6 Å². The van der Waals surface area contributed by atoms with Crippen LogP contribution >= 0.6 is 0 Å². The van der Waals surface area contributed by atoms with Gasteiger partial charge in [0, 0.05) is 17.4 Å². The van der Waals surface area contributed by atoms with Gasteiger partial charge in [-0.1, -0.05) is 5.16 Å². The number of hydrogen-bond acceptors (Lipinski definition) is 5. The molecule has 7 heteroatoms. The van der Waals surface area contributed by atoms with Gasteiger partial charge in [-0.15, -0.1) is 0 Å². The summed E-state index contributed by atoms with van der Waals surface area (Å²) >= 11 is 0. The number of sulfone groups is 1. The van der Waals surface area contributed by atoms with Crippen molar-refractivity contribution in [1.29, 1.82) is 0 Å². The Morgan fingerprint density at radius 3 is 2.62 bits per heavy atom. The molecular formula is C14H14N2O4S. The van der Waals surface area contributed by atoms with E-state index in [4.69, 9.17) is 4.52 Å². The molecule has 1 aliphatic carbocycles. The van der Waals surface area contributed by atoms with E-state index in [2.05, 4.69) is 10.5 Å². The van der Waals surface area contributed by atoms with Gasteiger partial charge in [0.2, 0.25) is 5.88 Å². The summed E-state index contributed by atoms with van der Waals surface area (Å²) in [5, 5.41) is 6.60. The fourth-order valence-corrected chi connectivity index (χ4v) is 2.99. The highest BCUT2D eigenvalue weighted by Crippen LogP contribution is 2.28. The Bertz CT molecular complexity index is 791. The van der Waals surface area contributed by atoms with Crippen molar-refractivity contribution < 1.29 is 17.7 Å². The van der Waals surface area contributed by atoms with Crippen LogP contribution < -0.4 is 5.32 Å². The largest absolute Gasteiger partial charge is 0.338 e. The van der Waals surface area contributed by atoms with Crippen molar-refractivity contribution >= 4 is 21.6 Å². The third-order valence-electron chi connectivity index (χ3n) is 3.48. The number of carbonyl (C=O) groups excluding carboxylic acids is 1. The second-order valence-electron chi connectivity index (χ2n) is 5.04. The number of nitrogens with one attached hydrogen (secondary N) is 1. The Balaban J connectivity index is 1.79. The standard InChI is InChI=1S/C14H14N2O4S/c1-21(18,19)10-7-5-9(6-8-10)13(17)15-14-11-3-2-4-12(11)16-20-14/h5-8H,2-4H2,1H3,(H,15,17). The van der Waals surface area contributed by atoms with Gasteiger partial charge in [0.25, 0.3) is 5.91 Å². The van der Waals surface area contributed by atoms with E-state index in [-0.39, 0.29) is 10.8 Å². The summed E-state index contributed by atoms with van der Waals surface area (Å²) in [5.74, 6) is 0.0422. The predicted octanol–water partition coefficient (Wildman–Crippen LogP) is 1.82. The highest BCUT2D eigenvalue weighted by atomic mass is 32.2. The number of anilines is 1. The zero-order valence-corrected chi connectivity index (χ0v) is 12.2. The van der Waals surface area contributed by atoms with Gasteiger partial charge < -0.3 is 4.52 Å². The lowest BCUT2D eigenvalue weighted by atomic mass is 10.2. The van der Waals surface area contributed by atoms with E-state index in [1.807, 2.05) is 0 Å². The number of aryl methyl sites for hydroxylation is 1. The third-order valence-corrected chi connectivity index (χ3v) is 4.61. The van der Waals surface area contributed by atoms with Crippen LogP contribution in [0, 0.1) is 0 Å². The molecule has 0 spiro atoms. The Labute approximate surface area is 122 Å². The summed E-state index contributed by atoms with van der Waals surface area (Å²) in [6, 6.07) is 5.77. The summed E-state index contributed by atoms with van der Waals surface area (Å²) < 4.78 is 27.9.